The van der Waals surface area contributed by atoms with Gasteiger partial charge in [-0.2, -0.15) is 0 Å². The van der Waals surface area contributed by atoms with Crippen molar-refractivity contribution in [2.45, 2.75) is 51.3 Å². The number of fused-ring (bicyclic) bond motifs is 1. The van der Waals surface area contributed by atoms with Crippen LogP contribution in [0.3, 0.4) is 0 Å². The number of pyridine rings is 1. The first-order valence-corrected chi connectivity index (χ1v) is 16.6. The number of rotatable bonds is 9. The monoisotopic (exact) mass is 556 g/mol. The van der Waals surface area contributed by atoms with Crippen molar-refractivity contribution < 1.29 is 14.1 Å². The summed E-state index contributed by atoms with van der Waals surface area (Å²) in [6, 6.07) is 11.3. The number of benzene rings is 1. The molecule has 2 aromatic heterocycles. The Bertz CT molecular complexity index is 1230. The van der Waals surface area contributed by atoms with Gasteiger partial charge in [0.1, 0.15) is 25.1 Å². The predicted octanol–water partition coefficient (Wildman–Crippen LogP) is 5.05. The average molecular weight is 558 g/mol. The van der Waals surface area contributed by atoms with Crippen molar-refractivity contribution in [3.05, 3.63) is 52.5 Å². The number of nitrogens with zero attached hydrogens (tertiary/aromatic N) is 5. The molecule has 0 aliphatic carbocycles. The van der Waals surface area contributed by atoms with Crippen molar-refractivity contribution in [3.63, 3.8) is 0 Å². The van der Waals surface area contributed by atoms with Crippen LogP contribution in [0, 0.1) is 0 Å². The molecule has 0 radical (unpaired) electrons. The minimum absolute atomic E-state index is 0.140. The van der Waals surface area contributed by atoms with Gasteiger partial charge in [0.2, 0.25) is 5.78 Å². The van der Waals surface area contributed by atoms with E-state index in [-0.39, 0.29) is 5.78 Å². The molecule has 0 atom stereocenters. The van der Waals surface area contributed by atoms with Gasteiger partial charge in [0, 0.05) is 58.1 Å². The highest BCUT2D eigenvalue weighted by Crippen LogP contribution is 2.27. The second kappa shape index (κ2) is 10.7. The highest BCUT2D eigenvalue weighted by atomic mass is 79.9. The molecule has 0 N–H and O–H groups in total. The van der Waals surface area contributed by atoms with Crippen LogP contribution in [0.15, 0.2) is 41.1 Å². The number of carbonyl (C=O) groups is 1. The number of anilines is 1. The van der Waals surface area contributed by atoms with Gasteiger partial charge in [0.05, 0.1) is 11.0 Å². The maximum atomic E-state index is 13.5. The first-order chi connectivity index (χ1) is 16.6. The van der Waals surface area contributed by atoms with E-state index in [2.05, 4.69) is 68.9 Å². The molecule has 3 aromatic rings. The summed E-state index contributed by atoms with van der Waals surface area (Å²) in [5, 5.41) is 0. The topological polar surface area (TPSA) is 63.3 Å². The van der Waals surface area contributed by atoms with E-state index in [0.717, 1.165) is 48.7 Å². The Morgan fingerprint density at radius 1 is 1.23 bits per heavy atom. The van der Waals surface area contributed by atoms with Crippen LogP contribution in [0.5, 0.6) is 0 Å². The molecule has 4 rings (SSSR count). The maximum absolute atomic E-state index is 13.5. The number of imidazole rings is 1. The van der Waals surface area contributed by atoms with Crippen molar-refractivity contribution in [1.82, 2.24) is 14.5 Å². The molecule has 186 valence electrons. The van der Waals surface area contributed by atoms with E-state index in [1.165, 1.54) is 0 Å². The number of halogens is 1. The first kappa shape index (κ1) is 25.7. The molecule has 0 amide bonds. The van der Waals surface area contributed by atoms with Gasteiger partial charge in [-0.15, -0.1) is 0 Å². The molecule has 0 unspecified atom stereocenters. The summed E-state index contributed by atoms with van der Waals surface area (Å²) < 4.78 is 10.7. The third-order valence-corrected chi connectivity index (χ3v) is 8.73. The van der Waals surface area contributed by atoms with Gasteiger partial charge >= 0.3 is 0 Å². The van der Waals surface area contributed by atoms with Gasteiger partial charge in [0.25, 0.3) is 0 Å². The van der Waals surface area contributed by atoms with Gasteiger partial charge in [0.15, 0.2) is 11.9 Å². The van der Waals surface area contributed by atoms with Crippen molar-refractivity contribution >= 4 is 53.2 Å². The maximum Gasteiger partial charge on any atom is 0.228 e. The van der Waals surface area contributed by atoms with Crippen LogP contribution in [0.4, 0.5) is 5.69 Å². The summed E-state index contributed by atoms with van der Waals surface area (Å²) in [6.07, 6.45) is 3.79. The van der Waals surface area contributed by atoms with E-state index in [1.54, 1.807) is 18.3 Å². The Morgan fingerprint density at radius 2 is 1.97 bits per heavy atom. The fraction of sp³-hybridized carbons (Fsp3) is 0.462. The van der Waals surface area contributed by atoms with Gasteiger partial charge in [-0.3, -0.25) is 9.36 Å². The lowest BCUT2D eigenvalue weighted by Gasteiger charge is -2.31. The molecular formula is C26H35BrN5O2Si+. The van der Waals surface area contributed by atoms with Gasteiger partial charge in [-0.05, 0) is 52.3 Å². The number of ketones is 1. The van der Waals surface area contributed by atoms with E-state index in [0.29, 0.717) is 35.4 Å². The van der Waals surface area contributed by atoms with Crippen molar-refractivity contribution in [1.29, 1.82) is 0 Å². The number of ether oxygens (including phenoxy) is 1. The molecule has 7 nitrogen and oxygen atoms in total. The molecule has 1 aromatic carbocycles. The number of hydrogen-bond acceptors (Lipinski definition) is 5. The first-order valence-electron chi connectivity index (χ1n) is 12.1. The molecule has 0 bridgehead atoms. The highest BCUT2D eigenvalue weighted by Gasteiger charge is 2.26. The molecule has 3 heterocycles. The molecule has 1 saturated heterocycles. The van der Waals surface area contributed by atoms with E-state index < -0.39 is 8.07 Å². The van der Waals surface area contributed by atoms with E-state index >= 15 is 0 Å². The zero-order chi connectivity index (χ0) is 25.2. The van der Waals surface area contributed by atoms with Crippen LogP contribution < -0.4 is 4.90 Å². The zero-order valence-electron chi connectivity index (χ0n) is 21.1. The lowest BCUT2D eigenvalue weighted by atomic mass is 10.0. The van der Waals surface area contributed by atoms with Crippen LogP contribution in [-0.4, -0.2) is 72.5 Å². The fourth-order valence-corrected chi connectivity index (χ4v) is 5.51. The minimum atomic E-state index is -1.22. The minimum Gasteiger partial charge on any atom is -0.371 e. The van der Waals surface area contributed by atoms with Crippen molar-refractivity contribution in [2.24, 2.45) is 0 Å². The fourth-order valence-electron chi connectivity index (χ4n) is 4.38. The van der Waals surface area contributed by atoms with E-state index in [9.17, 15) is 4.79 Å². The average Bonchev–Trinajstić information content (AvgIpc) is 3.18. The highest BCUT2D eigenvalue weighted by molar-refractivity contribution is 9.10. The Labute approximate surface area is 217 Å². The van der Waals surface area contributed by atoms with E-state index in [4.69, 9.17) is 9.72 Å². The molecule has 1 fully saturated rings. The van der Waals surface area contributed by atoms with Gasteiger partial charge in [-0.25, -0.2) is 14.5 Å². The zero-order valence-corrected chi connectivity index (χ0v) is 23.7. The van der Waals surface area contributed by atoms with Crippen molar-refractivity contribution in [3.8, 4) is 0 Å². The molecule has 0 spiro atoms. The third kappa shape index (κ3) is 6.26. The molecule has 35 heavy (non-hydrogen) atoms. The van der Waals surface area contributed by atoms with Crippen LogP contribution in [-0.2, 0) is 11.5 Å². The Morgan fingerprint density at radius 3 is 2.63 bits per heavy atom. The summed E-state index contributed by atoms with van der Waals surface area (Å²) in [4.78, 5) is 24.8. The Kier molecular flexibility index (Phi) is 7.88. The number of piperidine rings is 1. The second-order valence-electron chi connectivity index (χ2n) is 10.6. The lowest BCUT2D eigenvalue weighted by Crippen LogP contribution is -2.39. The molecule has 0 saturated carbocycles. The van der Waals surface area contributed by atoms with Crippen LogP contribution in [0.1, 0.15) is 29.0 Å². The second-order valence-corrected chi connectivity index (χ2v) is 17.0. The van der Waals surface area contributed by atoms with Gasteiger partial charge in [-0.1, -0.05) is 19.6 Å². The standard InChI is InChI=1S/C26H35BrN5O2Si/c1-30(2)20-9-12-31(13-10-20)21-6-7-22-23(17-21)32(18-34-14-15-35(3,4)5)26(29-22)25(33)19-8-11-28-24(27)16-19/h6-8,11,16-17,20H,1,9-10,12-15,18H2,2-5H3/q+1. The number of carbonyl (C=O) groups excluding carboxylic acids is 1. The lowest BCUT2D eigenvalue weighted by molar-refractivity contribution is -0.532. The quantitative estimate of drug-likeness (QED) is 0.0921. The number of hydrogen-bond donors (Lipinski definition) is 0. The Hall–Kier alpha value is -2.36. The number of aromatic nitrogens is 3. The molecular weight excluding hydrogens is 522 g/mol. The largest absolute Gasteiger partial charge is 0.371 e. The molecule has 1 aliphatic heterocycles. The molecule has 9 heteroatoms. The summed E-state index contributed by atoms with van der Waals surface area (Å²) in [5.74, 6) is 0.250. The van der Waals surface area contributed by atoms with E-state index in [1.807, 2.05) is 17.7 Å². The normalized spacial score (nSPS) is 15.1. The SMILES string of the molecule is C=[N+](C)C1CCN(c2ccc3nc(C(=O)c4ccnc(Br)c4)n(COCC[Si](C)(C)C)c3c2)CC1. The summed E-state index contributed by atoms with van der Waals surface area (Å²) in [7, 11) is 0.832. The summed E-state index contributed by atoms with van der Waals surface area (Å²) in [5.41, 5.74) is 3.41. The van der Waals surface area contributed by atoms with Gasteiger partial charge < -0.3 is 9.64 Å². The van der Waals surface area contributed by atoms with Crippen molar-refractivity contribution in [2.75, 3.05) is 31.6 Å². The van der Waals surface area contributed by atoms with Crippen LogP contribution in [0.25, 0.3) is 11.0 Å². The smallest absolute Gasteiger partial charge is 0.228 e. The van der Waals surface area contributed by atoms with Crippen LogP contribution in [0.2, 0.25) is 25.7 Å². The summed E-state index contributed by atoms with van der Waals surface area (Å²) >= 11 is 3.37. The molecule has 1 aliphatic rings. The van der Waals surface area contributed by atoms with Crippen LogP contribution >= 0.6 is 15.9 Å². The Balaban J connectivity index is 1.65. The third-order valence-electron chi connectivity index (χ3n) is 6.59. The summed E-state index contributed by atoms with van der Waals surface area (Å²) in [6.45, 7) is 14.0. The predicted molar refractivity (Wildman–Crippen MR) is 148 cm³/mol.